The summed E-state index contributed by atoms with van der Waals surface area (Å²) in [5, 5.41) is 29.6. The maximum atomic E-state index is 13.6. The Hall–Kier alpha value is -3.71. The maximum absolute atomic E-state index is 13.6. The molecule has 1 aliphatic heterocycles. The second-order valence-corrected chi connectivity index (χ2v) is 13.0. The molecule has 0 saturated carbocycles. The van der Waals surface area contributed by atoms with Gasteiger partial charge in [0.2, 0.25) is 10.0 Å². The molecular formula is C31H40N4O6S2. The Kier molecular flexibility index (Phi) is 13.2. The number of hydrogen-bond donors (Lipinski definition) is 5. The van der Waals surface area contributed by atoms with E-state index in [0.717, 1.165) is 22.4 Å². The van der Waals surface area contributed by atoms with Crippen LogP contribution in [0.4, 0.5) is 11.4 Å². The molecule has 12 heteroatoms. The Morgan fingerprint density at radius 2 is 1.91 bits per heavy atom. The molecule has 0 spiro atoms. The van der Waals surface area contributed by atoms with Gasteiger partial charge in [0.15, 0.2) is 0 Å². The van der Waals surface area contributed by atoms with Gasteiger partial charge in [0.1, 0.15) is 0 Å². The third kappa shape index (κ3) is 10.2. The zero-order valence-electron chi connectivity index (χ0n) is 24.2. The van der Waals surface area contributed by atoms with Gasteiger partial charge < -0.3 is 26.2 Å². The molecule has 5 N–H and O–H groups in total. The summed E-state index contributed by atoms with van der Waals surface area (Å²) in [5.74, 6) is -0.275. The lowest BCUT2D eigenvalue weighted by molar-refractivity contribution is -0.122. The van der Waals surface area contributed by atoms with Crippen LogP contribution in [0.2, 0.25) is 0 Å². The van der Waals surface area contributed by atoms with Crippen LogP contribution in [-0.2, 0) is 27.8 Å². The normalized spacial score (nSPS) is 15.3. The summed E-state index contributed by atoms with van der Waals surface area (Å²) in [4.78, 5) is 23.1. The number of amides is 1. The number of aliphatic hydroxyl groups is 1. The molecule has 10 nitrogen and oxygen atoms in total. The van der Waals surface area contributed by atoms with Crippen LogP contribution in [0, 0.1) is 0 Å². The molecule has 0 unspecified atom stereocenters. The number of aliphatic hydroxyl groups excluding tert-OH is 1. The van der Waals surface area contributed by atoms with Gasteiger partial charge in [0.05, 0.1) is 23.6 Å². The summed E-state index contributed by atoms with van der Waals surface area (Å²) < 4.78 is 27.0. The average molecular weight is 629 g/mol. The first-order chi connectivity index (χ1) is 20.7. The minimum Gasteiger partial charge on any atom is -0.483 e. The lowest BCUT2D eigenvalue weighted by Gasteiger charge is -2.29. The second kappa shape index (κ2) is 16.8. The van der Waals surface area contributed by atoms with Gasteiger partial charge in [0, 0.05) is 42.3 Å². The van der Waals surface area contributed by atoms with Crippen molar-refractivity contribution in [3.8, 4) is 0 Å². The van der Waals surface area contributed by atoms with E-state index in [1.54, 1.807) is 35.6 Å². The van der Waals surface area contributed by atoms with Crippen LogP contribution < -0.4 is 20.3 Å². The number of hydrogen-bond acceptors (Lipinski definition) is 8. The topological polar surface area (TPSA) is 148 Å². The summed E-state index contributed by atoms with van der Waals surface area (Å²) in [6, 6.07) is 16.3. The molecule has 1 amide bonds. The van der Waals surface area contributed by atoms with Crippen LogP contribution in [0.15, 0.2) is 66.6 Å². The molecule has 2 heterocycles. The highest BCUT2D eigenvalue weighted by molar-refractivity contribution is 7.92. The van der Waals surface area contributed by atoms with E-state index in [-0.39, 0.29) is 24.7 Å². The maximum Gasteiger partial charge on any atom is 0.290 e. The molecule has 0 radical (unpaired) electrons. The monoisotopic (exact) mass is 628 g/mol. The largest absolute Gasteiger partial charge is 0.483 e. The number of benzene rings is 2. The number of carbonyl (C=O) groups is 2. The van der Waals surface area contributed by atoms with E-state index in [4.69, 9.17) is 9.90 Å². The van der Waals surface area contributed by atoms with Crippen molar-refractivity contribution in [1.82, 2.24) is 10.6 Å². The van der Waals surface area contributed by atoms with Gasteiger partial charge in [-0.1, -0.05) is 43.0 Å². The van der Waals surface area contributed by atoms with Crippen molar-refractivity contribution in [1.29, 1.82) is 0 Å². The van der Waals surface area contributed by atoms with Crippen molar-refractivity contribution in [2.24, 2.45) is 0 Å². The van der Waals surface area contributed by atoms with Crippen LogP contribution in [0.25, 0.3) is 6.08 Å². The predicted molar refractivity (Wildman–Crippen MR) is 173 cm³/mol. The first-order valence-corrected chi connectivity index (χ1v) is 16.6. The minimum atomic E-state index is -3.44. The minimum absolute atomic E-state index is 0.0959. The zero-order chi connectivity index (χ0) is 31.2. The van der Waals surface area contributed by atoms with Crippen molar-refractivity contribution >= 4 is 51.2 Å². The highest BCUT2D eigenvalue weighted by Gasteiger charge is 2.28. The number of anilines is 2. The highest BCUT2D eigenvalue weighted by atomic mass is 32.2. The highest BCUT2D eigenvalue weighted by Crippen LogP contribution is 2.28. The third-order valence-corrected chi connectivity index (χ3v) is 9.66. The number of nitrogens with zero attached hydrogens (tertiary/aromatic N) is 1. The Balaban J connectivity index is 0.00000162. The van der Waals surface area contributed by atoms with Crippen LogP contribution in [0.5, 0.6) is 0 Å². The van der Waals surface area contributed by atoms with Gasteiger partial charge in [-0.2, -0.15) is 0 Å². The molecule has 0 aliphatic carbocycles. The molecule has 4 rings (SSSR count). The Labute approximate surface area is 257 Å². The van der Waals surface area contributed by atoms with Crippen molar-refractivity contribution in [2.45, 2.75) is 44.9 Å². The molecular weight excluding hydrogens is 588 g/mol. The van der Waals surface area contributed by atoms with E-state index in [9.17, 15) is 18.3 Å². The van der Waals surface area contributed by atoms with Crippen LogP contribution in [0.3, 0.4) is 0 Å². The van der Waals surface area contributed by atoms with Gasteiger partial charge in [-0.25, -0.2) is 8.42 Å². The number of carbonyl (C=O) groups excluding carboxylic acids is 1. The van der Waals surface area contributed by atoms with E-state index < -0.39 is 22.2 Å². The Morgan fingerprint density at radius 3 is 2.56 bits per heavy atom. The van der Waals surface area contributed by atoms with E-state index in [0.29, 0.717) is 49.4 Å². The van der Waals surface area contributed by atoms with Gasteiger partial charge in [0.25, 0.3) is 12.4 Å². The fourth-order valence-corrected chi connectivity index (χ4v) is 7.22. The molecule has 1 aliphatic rings. The van der Waals surface area contributed by atoms with Gasteiger partial charge in [-0.05, 0) is 67.0 Å². The van der Waals surface area contributed by atoms with Crippen molar-refractivity contribution < 1.29 is 28.2 Å². The number of rotatable bonds is 13. The molecule has 1 fully saturated rings. The quantitative estimate of drug-likeness (QED) is 0.179. The zero-order valence-corrected chi connectivity index (χ0v) is 25.9. The standard InChI is InChI=1S/C30H38N4O4S2.CH2O2/c1-3-22-14-27(39-21-22)19-31-20-29(35)28(15-23-10-6-5-7-11-23)33-30(36)24-16-25(32-4-2)18-26(17-24)34-12-8-9-13-40(34,37)38;2-1-3/h3,5-7,10-11,14,16-18,21,28-29,31-32,35H,1,4,8-9,12-13,15,19-20H2,2H3,(H,33,36);1H,(H,2,3)/t28-,29+;/m0./s1. The van der Waals surface area contributed by atoms with E-state index in [2.05, 4.69) is 28.6 Å². The van der Waals surface area contributed by atoms with Gasteiger partial charge in [-0.15, -0.1) is 11.3 Å². The molecule has 1 aromatic heterocycles. The molecule has 2 atom stereocenters. The first kappa shape index (κ1) is 33.8. The lowest BCUT2D eigenvalue weighted by Crippen LogP contribution is -2.48. The van der Waals surface area contributed by atoms with Gasteiger partial charge in [-0.3, -0.25) is 13.9 Å². The predicted octanol–water partition coefficient (Wildman–Crippen LogP) is 3.95. The summed E-state index contributed by atoms with van der Waals surface area (Å²) in [6.07, 6.45) is 2.79. The molecule has 232 valence electrons. The number of thiophene rings is 1. The third-order valence-electron chi connectivity index (χ3n) is 6.84. The van der Waals surface area contributed by atoms with Crippen LogP contribution >= 0.6 is 11.3 Å². The van der Waals surface area contributed by atoms with Crippen LogP contribution in [-0.4, -0.2) is 68.5 Å². The van der Waals surface area contributed by atoms with E-state index >= 15 is 0 Å². The first-order valence-electron chi connectivity index (χ1n) is 14.1. The Morgan fingerprint density at radius 1 is 1.16 bits per heavy atom. The van der Waals surface area contributed by atoms with E-state index in [1.807, 2.05) is 42.6 Å². The smallest absolute Gasteiger partial charge is 0.290 e. The van der Waals surface area contributed by atoms with Crippen molar-refractivity contribution in [3.63, 3.8) is 0 Å². The molecule has 43 heavy (non-hydrogen) atoms. The number of nitrogens with one attached hydrogen (secondary N) is 3. The number of carboxylic acid groups (broad SMARTS) is 1. The van der Waals surface area contributed by atoms with Crippen molar-refractivity contribution in [2.75, 3.05) is 35.0 Å². The summed E-state index contributed by atoms with van der Waals surface area (Å²) in [5.41, 5.74) is 3.53. The van der Waals surface area contributed by atoms with E-state index in [1.165, 1.54) is 4.31 Å². The van der Waals surface area contributed by atoms with Crippen LogP contribution in [0.1, 0.15) is 46.1 Å². The molecule has 0 bridgehead atoms. The van der Waals surface area contributed by atoms with Gasteiger partial charge >= 0.3 is 0 Å². The molecule has 1 saturated heterocycles. The Bertz CT molecular complexity index is 1450. The van der Waals surface area contributed by atoms with Crippen molar-refractivity contribution in [3.05, 3.63) is 88.1 Å². The fraction of sp³-hybridized carbons (Fsp3) is 0.355. The fourth-order valence-electron chi connectivity index (χ4n) is 4.76. The second-order valence-electron chi connectivity index (χ2n) is 10.0. The number of sulfonamides is 1. The summed E-state index contributed by atoms with van der Waals surface area (Å²) in [7, 11) is -3.44. The summed E-state index contributed by atoms with van der Waals surface area (Å²) in [6.45, 7) is 7.38. The average Bonchev–Trinajstić information content (AvgIpc) is 3.45. The summed E-state index contributed by atoms with van der Waals surface area (Å²) >= 11 is 1.62. The molecule has 2 aromatic carbocycles. The molecule has 3 aromatic rings. The lowest BCUT2D eigenvalue weighted by atomic mass is 10.00. The SMILES string of the molecule is C=Cc1csc(CNC[C@@H](O)[C@H](Cc2ccccc2)NC(=O)c2cc(NCC)cc(N3CCCCS3(=O)=O)c2)c1.O=CO.